The first-order valence-corrected chi connectivity index (χ1v) is 10.1. The standard InChI is InChI=1S/C13H12ClOPSe/c1-15-12-9-5-6-10-13(12)16(14,17)11-7-3-2-4-8-11/h2-10H,1H3. The van der Waals surface area contributed by atoms with Gasteiger partial charge >= 0.3 is 114 Å². The molecule has 0 fully saturated rings. The Morgan fingerprint density at radius 1 is 1.00 bits per heavy atom. The molecule has 0 N–H and O–H groups in total. The van der Waals surface area contributed by atoms with Crippen LogP contribution in [0.15, 0.2) is 54.6 Å². The monoisotopic (exact) mass is 330 g/mol. The molecule has 0 aliphatic rings. The molecule has 2 rings (SSSR count). The quantitative estimate of drug-likeness (QED) is 0.621. The van der Waals surface area contributed by atoms with Crippen molar-refractivity contribution >= 4 is 41.8 Å². The number of benzene rings is 2. The molecule has 0 heterocycles. The van der Waals surface area contributed by atoms with Gasteiger partial charge in [0.25, 0.3) is 0 Å². The van der Waals surface area contributed by atoms with E-state index in [1.54, 1.807) is 7.11 Å². The van der Waals surface area contributed by atoms with Crippen LogP contribution in [0.5, 0.6) is 5.75 Å². The number of rotatable bonds is 3. The fourth-order valence-corrected chi connectivity index (χ4v) is 5.66. The average molecular weight is 330 g/mol. The summed E-state index contributed by atoms with van der Waals surface area (Å²) >= 11 is 9.90. The Kier molecular flexibility index (Phi) is 4.12. The summed E-state index contributed by atoms with van der Waals surface area (Å²) < 4.78 is 5.38. The SMILES string of the molecule is COc1ccccc1P(Cl)(=[Se])c1ccccc1. The first kappa shape index (κ1) is 12.9. The van der Waals surface area contributed by atoms with E-state index < -0.39 is 4.86 Å². The second-order valence-corrected chi connectivity index (χ2v) is 11.9. The molecule has 1 nitrogen and oxygen atoms in total. The fraction of sp³-hybridized carbons (Fsp3) is 0.0769. The molecule has 0 saturated carbocycles. The molecule has 88 valence electrons. The minimum absolute atomic E-state index is 0.832. The van der Waals surface area contributed by atoms with Gasteiger partial charge in [-0.15, -0.1) is 0 Å². The topological polar surface area (TPSA) is 9.23 Å². The van der Waals surface area contributed by atoms with E-state index in [4.69, 9.17) is 16.0 Å². The number of ether oxygens (including phenoxy) is 1. The first-order chi connectivity index (χ1) is 8.16. The van der Waals surface area contributed by atoms with Gasteiger partial charge in [0.05, 0.1) is 0 Å². The van der Waals surface area contributed by atoms with Crippen molar-refractivity contribution < 1.29 is 4.74 Å². The number of methoxy groups -OCH3 is 1. The Morgan fingerprint density at radius 3 is 2.24 bits per heavy atom. The van der Waals surface area contributed by atoms with Crippen molar-refractivity contribution in [3.63, 3.8) is 0 Å². The molecule has 0 amide bonds. The van der Waals surface area contributed by atoms with Crippen molar-refractivity contribution in [2.75, 3.05) is 7.11 Å². The van der Waals surface area contributed by atoms with Crippen LogP contribution in [-0.2, 0) is 0 Å². The summed E-state index contributed by atoms with van der Waals surface area (Å²) in [6.07, 6.45) is 0. The Balaban J connectivity index is 2.56. The number of hydrogen-bond donors (Lipinski definition) is 0. The first-order valence-electron chi connectivity index (χ1n) is 5.15. The van der Waals surface area contributed by atoms with E-state index in [1.807, 2.05) is 54.6 Å². The van der Waals surface area contributed by atoms with Crippen LogP contribution in [0.3, 0.4) is 0 Å². The van der Waals surface area contributed by atoms with Crippen molar-refractivity contribution in [1.29, 1.82) is 0 Å². The van der Waals surface area contributed by atoms with Crippen molar-refractivity contribution in [2.24, 2.45) is 0 Å². The van der Waals surface area contributed by atoms with Gasteiger partial charge in [0.1, 0.15) is 0 Å². The van der Waals surface area contributed by atoms with Crippen molar-refractivity contribution in [3.8, 4) is 5.75 Å². The van der Waals surface area contributed by atoms with Gasteiger partial charge in [0.2, 0.25) is 0 Å². The van der Waals surface area contributed by atoms with E-state index in [2.05, 4.69) is 15.1 Å². The van der Waals surface area contributed by atoms with Crippen LogP contribution in [0.2, 0.25) is 0 Å². The zero-order valence-corrected chi connectivity index (χ0v) is 12.7. The third kappa shape index (κ3) is 2.67. The van der Waals surface area contributed by atoms with Crippen LogP contribution in [0.4, 0.5) is 0 Å². The van der Waals surface area contributed by atoms with Crippen molar-refractivity contribution in [3.05, 3.63) is 54.6 Å². The summed E-state index contributed by atoms with van der Waals surface area (Å²) in [7, 11) is 1.67. The van der Waals surface area contributed by atoms with Gasteiger partial charge in [-0.05, 0) is 0 Å². The summed E-state index contributed by atoms with van der Waals surface area (Å²) in [6, 6.07) is 18.0. The van der Waals surface area contributed by atoms with E-state index in [1.165, 1.54) is 0 Å². The number of halogens is 1. The summed E-state index contributed by atoms with van der Waals surface area (Å²) in [4.78, 5) is -1.98. The molecule has 0 saturated heterocycles. The Bertz CT molecular complexity index is 556. The molecule has 0 bridgehead atoms. The molecule has 0 radical (unpaired) electrons. The maximum absolute atomic E-state index is 6.75. The third-order valence-corrected chi connectivity index (χ3v) is 8.13. The van der Waals surface area contributed by atoms with Gasteiger partial charge in [0, 0.05) is 0 Å². The third-order valence-electron chi connectivity index (χ3n) is 2.48. The van der Waals surface area contributed by atoms with Gasteiger partial charge < -0.3 is 0 Å². The zero-order valence-electron chi connectivity index (χ0n) is 9.34. The predicted octanol–water partition coefficient (Wildman–Crippen LogP) is 2.90. The second-order valence-electron chi connectivity index (χ2n) is 3.54. The van der Waals surface area contributed by atoms with Gasteiger partial charge in [-0.3, -0.25) is 0 Å². The molecular weight excluding hydrogens is 318 g/mol. The zero-order chi connectivity index (χ0) is 12.3. The number of para-hydroxylation sites is 1. The Labute approximate surface area is 114 Å². The van der Waals surface area contributed by atoms with E-state index >= 15 is 0 Å². The van der Waals surface area contributed by atoms with Gasteiger partial charge in [-0.25, -0.2) is 0 Å². The molecule has 0 spiro atoms. The molecule has 1 unspecified atom stereocenters. The Hall–Kier alpha value is -0.521. The molecule has 2 aromatic carbocycles. The molecule has 2 aromatic rings. The van der Waals surface area contributed by atoms with Crippen LogP contribution in [0.1, 0.15) is 0 Å². The fourth-order valence-electron chi connectivity index (χ4n) is 1.63. The predicted molar refractivity (Wildman–Crippen MR) is 77.2 cm³/mol. The van der Waals surface area contributed by atoms with E-state index in [-0.39, 0.29) is 0 Å². The maximum atomic E-state index is 6.75. The van der Waals surface area contributed by atoms with Crippen LogP contribution < -0.4 is 15.3 Å². The van der Waals surface area contributed by atoms with E-state index in [0.29, 0.717) is 0 Å². The van der Waals surface area contributed by atoms with Crippen molar-refractivity contribution in [2.45, 2.75) is 0 Å². The Morgan fingerprint density at radius 2 is 1.59 bits per heavy atom. The van der Waals surface area contributed by atoms with Gasteiger partial charge in [-0.1, -0.05) is 0 Å². The van der Waals surface area contributed by atoms with E-state index in [9.17, 15) is 0 Å². The number of hydrogen-bond acceptors (Lipinski definition) is 1. The summed E-state index contributed by atoms with van der Waals surface area (Å²) in [5, 5.41) is 2.15. The molecule has 17 heavy (non-hydrogen) atoms. The molecule has 4 heteroatoms. The summed E-state index contributed by atoms with van der Waals surface area (Å²) in [6.45, 7) is 0. The van der Waals surface area contributed by atoms with Crippen LogP contribution in [0, 0.1) is 0 Å². The molecule has 0 aromatic heterocycles. The molecule has 1 atom stereocenters. The minimum atomic E-state index is -1.98. The van der Waals surface area contributed by atoms with Gasteiger partial charge in [0.15, 0.2) is 0 Å². The summed E-state index contributed by atoms with van der Waals surface area (Å²) in [5.74, 6) is 0.832. The average Bonchev–Trinajstić information content (AvgIpc) is 2.39. The molecule has 0 aliphatic heterocycles. The summed E-state index contributed by atoms with van der Waals surface area (Å²) in [5.41, 5.74) is 0. The van der Waals surface area contributed by atoms with Crippen LogP contribution in [-0.4, -0.2) is 22.2 Å². The molecule has 0 aliphatic carbocycles. The molecular formula is C13H12ClOPSe. The normalized spacial score (nSPS) is 14.0. The van der Waals surface area contributed by atoms with Crippen LogP contribution in [0.25, 0.3) is 0 Å². The second kappa shape index (κ2) is 5.42. The van der Waals surface area contributed by atoms with Crippen molar-refractivity contribution in [1.82, 2.24) is 0 Å². The van der Waals surface area contributed by atoms with Gasteiger partial charge in [-0.2, -0.15) is 0 Å². The van der Waals surface area contributed by atoms with E-state index in [0.717, 1.165) is 16.4 Å². The van der Waals surface area contributed by atoms with Crippen LogP contribution >= 0.6 is 16.1 Å².